The Kier molecular flexibility index (Phi) is 6.12. The fourth-order valence-electron chi connectivity index (χ4n) is 2.76. The van der Waals surface area contributed by atoms with Gasteiger partial charge in [0.1, 0.15) is 5.82 Å². The van der Waals surface area contributed by atoms with E-state index in [0.717, 1.165) is 0 Å². The van der Waals surface area contributed by atoms with Crippen LogP contribution in [0.1, 0.15) is 31.7 Å². The first-order chi connectivity index (χ1) is 10.9. The van der Waals surface area contributed by atoms with Gasteiger partial charge in [-0.05, 0) is 37.0 Å². The second-order valence-electron chi connectivity index (χ2n) is 5.90. The van der Waals surface area contributed by atoms with Crippen molar-refractivity contribution in [3.05, 3.63) is 35.6 Å². The molecule has 1 aromatic carbocycles. The van der Waals surface area contributed by atoms with Crippen LogP contribution in [0.25, 0.3) is 0 Å². The van der Waals surface area contributed by atoms with Gasteiger partial charge < -0.3 is 4.90 Å². The molecule has 1 aliphatic rings. The molecule has 7 heteroatoms. The van der Waals surface area contributed by atoms with E-state index in [1.54, 1.807) is 17.0 Å². The summed E-state index contributed by atoms with van der Waals surface area (Å²) in [5, 5.41) is 0. The van der Waals surface area contributed by atoms with E-state index in [0.29, 0.717) is 37.9 Å². The smallest absolute Gasteiger partial charge is 0.226 e. The SMILES string of the molecule is CCCS(=O)(=O)NC1CCN(C(=O)Cc2cccc(F)c2)CC1. The van der Waals surface area contributed by atoms with E-state index in [1.165, 1.54) is 12.1 Å². The Morgan fingerprint density at radius 2 is 2.04 bits per heavy atom. The minimum absolute atomic E-state index is 0.0505. The Labute approximate surface area is 136 Å². The Morgan fingerprint density at radius 1 is 1.35 bits per heavy atom. The van der Waals surface area contributed by atoms with Gasteiger partial charge in [0.2, 0.25) is 15.9 Å². The molecule has 1 amide bonds. The predicted molar refractivity (Wildman–Crippen MR) is 86.9 cm³/mol. The van der Waals surface area contributed by atoms with Gasteiger partial charge in [0.05, 0.1) is 12.2 Å². The summed E-state index contributed by atoms with van der Waals surface area (Å²) in [7, 11) is -3.22. The highest BCUT2D eigenvalue weighted by Crippen LogP contribution is 2.14. The first-order valence-electron chi connectivity index (χ1n) is 7.92. The van der Waals surface area contributed by atoms with Crippen molar-refractivity contribution in [2.45, 2.75) is 38.6 Å². The quantitative estimate of drug-likeness (QED) is 0.855. The van der Waals surface area contributed by atoms with Crippen molar-refractivity contribution in [1.29, 1.82) is 0 Å². The molecular formula is C16H23FN2O3S. The summed E-state index contributed by atoms with van der Waals surface area (Å²) in [6.07, 6.45) is 1.97. The number of likely N-dealkylation sites (tertiary alicyclic amines) is 1. The van der Waals surface area contributed by atoms with Crippen LogP contribution in [0.2, 0.25) is 0 Å². The van der Waals surface area contributed by atoms with E-state index >= 15 is 0 Å². The standard InChI is InChI=1S/C16H23FN2O3S/c1-2-10-23(21,22)18-15-6-8-19(9-7-15)16(20)12-13-4-3-5-14(17)11-13/h3-5,11,15,18H,2,6-10,12H2,1H3. The predicted octanol–water partition coefficient (Wildman–Crippen LogP) is 1.69. The molecule has 0 radical (unpaired) electrons. The highest BCUT2D eigenvalue weighted by molar-refractivity contribution is 7.89. The zero-order chi connectivity index (χ0) is 16.9. The first-order valence-corrected chi connectivity index (χ1v) is 9.57. The highest BCUT2D eigenvalue weighted by atomic mass is 32.2. The van der Waals surface area contributed by atoms with Gasteiger partial charge in [0.25, 0.3) is 0 Å². The molecule has 1 N–H and O–H groups in total. The molecule has 0 saturated carbocycles. The monoisotopic (exact) mass is 342 g/mol. The maximum atomic E-state index is 13.1. The van der Waals surface area contributed by atoms with Crippen LogP contribution in [-0.2, 0) is 21.2 Å². The summed E-state index contributed by atoms with van der Waals surface area (Å²) in [5.74, 6) is -0.268. The van der Waals surface area contributed by atoms with Crippen LogP contribution in [0.3, 0.4) is 0 Å². The molecule has 2 rings (SSSR count). The fraction of sp³-hybridized carbons (Fsp3) is 0.562. The third-order valence-corrected chi connectivity index (χ3v) is 5.55. The van der Waals surface area contributed by atoms with Crippen molar-refractivity contribution in [2.24, 2.45) is 0 Å². The molecule has 0 bridgehead atoms. The van der Waals surface area contributed by atoms with Crippen molar-refractivity contribution >= 4 is 15.9 Å². The van der Waals surface area contributed by atoms with E-state index < -0.39 is 10.0 Å². The average molecular weight is 342 g/mol. The summed E-state index contributed by atoms with van der Waals surface area (Å²) < 4.78 is 39.4. The van der Waals surface area contributed by atoms with Crippen LogP contribution in [0.5, 0.6) is 0 Å². The van der Waals surface area contributed by atoms with Crippen molar-refractivity contribution in [1.82, 2.24) is 9.62 Å². The third kappa shape index (κ3) is 5.58. The lowest BCUT2D eigenvalue weighted by Gasteiger charge is -2.32. The Hall–Kier alpha value is -1.47. The lowest BCUT2D eigenvalue weighted by atomic mass is 10.0. The Bertz CT molecular complexity index is 640. The molecule has 23 heavy (non-hydrogen) atoms. The number of rotatable bonds is 6. The summed E-state index contributed by atoms with van der Waals surface area (Å²) in [4.78, 5) is 14.0. The van der Waals surface area contributed by atoms with E-state index in [9.17, 15) is 17.6 Å². The molecule has 0 spiro atoms. The van der Waals surface area contributed by atoms with Crippen LogP contribution in [0.4, 0.5) is 4.39 Å². The summed E-state index contributed by atoms with van der Waals surface area (Å²) in [6, 6.07) is 5.93. The lowest BCUT2D eigenvalue weighted by Crippen LogP contribution is -2.47. The second kappa shape index (κ2) is 7.88. The lowest BCUT2D eigenvalue weighted by molar-refractivity contribution is -0.131. The van der Waals surface area contributed by atoms with E-state index in [4.69, 9.17) is 0 Å². The van der Waals surface area contributed by atoms with Crippen LogP contribution < -0.4 is 4.72 Å². The number of hydrogen-bond acceptors (Lipinski definition) is 3. The highest BCUT2D eigenvalue weighted by Gasteiger charge is 2.25. The Balaban J connectivity index is 1.83. The summed E-state index contributed by atoms with van der Waals surface area (Å²) >= 11 is 0. The number of carbonyl (C=O) groups is 1. The molecule has 1 saturated heterocycles. The van der Waals surface area contributed by atoms with Gasteiger partial charge in [-0.2, -0.15) is 0 Å². The molecule has 1 heterocycles. The van der Waals surface area contributed by atoms with Gasteiger partial charge in [-0.1, -0.05) is 19.1 Å². The molecule has 0 aromatic heterocycles. The molecule has 128 valence electrons. The molecule has 5 nitrogen and oxygen atoms in total. The Morgan fingerprint density at radius 3 is 2.65 bits per heavy atom. The van der Waals surface area contributed by atoms with Gasteiger partial charge in [-0.25, -0.2) is 17.5 Å². The zero-order valence-electron chi connectivity index (χ0n) is 13.3. The van der Waals surface area contributed by atoms with Gasteiger partial charge in [-0.15, -0.1) is 0 Å². The number of nitrogens with zero attached hydrogens (tertiary/aromatic N) is 1. The molecule has 1 fully saturated rings. The molecule has 0 aliphatic carbocycles. The first kappa shape index (κ1) is 17.9. The zero-order valence-corrected chi connectivity index (χ0v) is 14.1. The van der Waals surface area contributed by atoms with Gasteiger partial charge >= 0.3 is 0 Å². The molecule has 1 aromatic rings. The number of carbonyl (C=O) groups excluding carboxylic acids is 1. The average Bonchev–Trinajstić information content (AvgIpc) is 2.47. The normalized spacial score (nSPS) is 16.5. The maximum absolute atomic E-state index is 13.1. The van der Waals surface area contributed by atoms with Gasteiger partial charge in [0.15, 0.2) is 0 Å². The summed E-state index contributed by atoms with van der Waals surface area (Å²) in [5.41, 5.74) is 0.653. The van der Waals surface area contributed by atoms with Crippen molar-refractivity contribution < 1.29 is 17.6 Å². The number of amides is 1. The van der Waals surface area contributed by atoms with Gasteiger partial charge in [0, 0.05) is 19.1 Å². The van der Waals surface area contributed by atoms with Gasteiger partial charge in [-0.3, -0.25) is 4.79 Å². The van der Waals surface area contributed by atoms with E-state index in [-0.39, 0.29) is 29.9 Å². The fourth-order valence-corrected chi connectivity index (χ4v) is 4.16. The van der Waals surface area contributed by atoms with E-state index in [1.807, 2.05) is 6.92 Å². The van der Waals surface area contributed by atoms with Crippen LogP contribution in [-0.4, -0.2) is 44.1 Å². The largest absolute Gasteiger partial charge is 0.342 e. The van der Waals surface area contributed by atoms with Crippen LogP contribution >= 0.6 is 0 Å². The molecule has 0 unspecified atom stereocenters. The molecular weight excluding hydrogens is 319 g/mol. The van der Waals surface area contributed by atoms with Crippen LogP contribution in [0.15, 0.2) is 24.3 Å². The second-order valence-corrected chi connectivity index (χ2v) is 7.77. The number of nitrogens with one attached hydrogen (secondary N) is 1. The summed E-state index contributed by atoms with van der Waals surface area (Å²) in [6.45, 7) is 2.87. The van der Waals surface area contributed by atoms with Crippen LogP contribution in [0, 0.1) is 5.82 Å². The van der Waals surface area contributed by atoms with Crippen molar-refractivity contribution in [2.75, 3.05) is 18.8 Å². The number of hydrogen-bond donors (Lipinski definition) is 1. The molecule has 1 aliphatic heterocycles. The maximum Gasteiger partial charge on any atom is 0.226 e. The number of benzene rings is 1. The topological polar surface area (TPSA) is 66.5 Å². The number of piperidine rings is 1. The van der Waals surface area contributed by atoms with Crippen molar-refractivity contribution in [3.63, 3.8) is 0 Å². The number of halogens is 1. The van der Waals surface area contributed by atoms with E-state index in [2.05, 4.69) is 4.72 Å². The molecule has 0 atom stereocenters. The minimum Gasteiger partial charge on any atom is -0.342 e. The third-order valence-electron chi connectivity index (χ3n) is 3.91. The van der Waals surface area contributed by atoms with Crippen molar-refractivity contribution in [3.8, 4) is 0 Å². The minimum atomic E-state index is -3.22. The number of sulfonamides is 1.